The van der Waals surface area contributed by atoms with Gasteiger partial charge in [0, 0.05) is 5.57 Å². The van der Waals surface area contributed by atoms with Gasteiger partial charge in [-0.25, -0.2) is 4.79 Å². The molecule has 2 fully saturated rings. The van der Waals surface area contributed by atoms with Crippen molar-refractivity contribution in [2.75, 3.05) is 0 Å². The van der Waals surface area contributed by atoms with Gasteiger partial charge in [0.15, 0.2) is 6.10 Å². The summed E-state index contributed by atoms with van der Waals surface area (Å²) in [6.45, 7) is 5.63. The molecule has 2 saturated heterocycles. The Morgan fingerprint density at radius 3 is 2.73 bits per heavy atom. The summed E-state index contributed by atoms with van der Waals surface area (Å²) in [5, 5.41) is 0. The van der Waals surface area contributed by atoms with E-state index in [-0.39, 0.29) is 17.6 Å². The molecule has 0 aliphatic carbocycles. The molecule has 0 amide bonds. The molecule has 0 aromatic rings. The van der Waals surface area contributed by atoms with Crippen LogP contribution in [0.4, 0.5) is 0 Å². The van der Waals surface area contributed by atoms with Crippen molar-refractivity contribution in [2.45, 2.75) is 38.4 Å². The highest BCUT2D eigenvalue weighted by atomic mass is 16.6. The lowest BCUT2D eigenvalue weighted by Crippen LogP contribution is -2.24. The average molecular weight is 210 g/mol. The number of hydrogen-bond acceptors (Lipinski definition) is 4. The summed E-state index contributed by atoms with van der Waals surface area (Å²) in [6, 6.07) is 0. The third kappa shape index (κ3) is 1.54. The van der Waals surface area contributed by atoms with E-state index >= 15 is 0 Å². The van der Waals surface area contributed by atoms with Crippen LogP contribution in [0.5, 0.6) is 0 Å². The minimum absolute atomic E-state index is 0.240. The lowest BCUT2D eigenvalue weighted by molar-refractivity contribution is -0.149. The molecule has 2 heterocycles. The van der Waals surface area contributed by atoms with E-state index in [1.807, 2.05) is 0 Å². The second-order valence-corrected chi connectivity index (χ2v) is 3.99. The van der Waals surface area contributed by atoms with Crippen molar-refractivity contribution < 1.29 is 19.1 Å². The average Bonchev–Trinajstić information content (AvgIpc) is 2.65. The summed E-state index contributed by atoms with van der Waals surface area (Å²) in [7, 11) is 0. The fourth-order valence-corrected chi connectivity index (χ4v) is 2.08. The number of cyclic esters (lactones) is 1. The van der Waals surface area contributed by atoms with Crippen LogP contribution in [0.25, 0.3) is 0 Å². The smallest absolute Gasteiger partial charge is 0.334 e. The minimum Gasteiger partial charge on any atom is -0.458 e. The third-order valence-corrected chi connectivity index (χ3v) is 2.94. The number of carbonyl (C=O) groups is 2. The van der Waals surface area contributed by atoms with Gasteiger partial charge in [-0.3, -0.25) is 4.79 Å². The van der Waals surface area contributed by atoms with Gasteiger partial charge in [0.2, 0.25) is 0 Å². The van der Waals surface area contributed by atoms with E-state index in [9.17, 15) is 9.59 Å². The van der Waals surface area contributed by atoms with Gasteiger partial charge in [-0.2, -0.15) is 0 Å². The van der Waals surface area contributed by atoms with Gasteiger partial charge >= 0.3 is 11.9 Å². The van der Waals surface area contributed by atoms with Crippen LogP contribution >= 0.6 is 0 Å². The van der Waals surface area contributed by atoms with Crippen LogP contribution in [0.2, 0.25) is 0 Å². The van der Waals surface area contributed by atoms with Crippen molar-refractivity contribution in [3.05, 3.63) is 12.2 Å². The summed E-state index contributed by atoms with van der Waals surface area (Å²) >= 11 is 0. The molecule has 2 aliphatic rings. The molecule has 4 heteroatoms. The van der Waals surface area contributed by atoms with Crippen molar-refractivity contribution in [1.29, 1.82) is 0 Å². The molecule has 0 aromatic heterocycles. The first-order chi connectivity index (χ1) is 7.15. The molecular formula is C11H14O4. The number of rotatable bonds is 3. The van der Waals surface area contributed by atoms with Gasteiger partial charge in [-0.05, 0) is 12.8 Å². The van der Waals surface area contributed by atoms with E-state index in [0.717, 1.165) is 19.3 Å². The zero-order chi connectivity index (χ0) is 11.0. The van der Waals surface area contributed by atoms with E-state index in [2.05, 4.69) is 13.5 Å². The Morgan fingerprint density at radius 2 is 2.07 bits per heavy atom. The molecular weight excluding hydrogens is 196 g/mol. The van der Waals surface area contributed by atoms with Crippen molar-refractivity contribution in [1.82, 2.24) is 0 Å². The van der Waals surface area contributed by atoms with Crippen LogP contribution in [-0.2, 0) is 19.1 Å². The van der Waals surface area contributed by atoms with E-state index in [1.165, 1.54) is 0 Å². The molecule has 0 N–H and O–H groups in total. The minimum atomic E-state index is -0.556. The fraction of sp³-hybridized carbons (Fsp3) is 0.636. The Balaban J connectivity index is 2.10. The Kier molecular flexibility index (Phi) is 2.50. The predicted molar refractivity (Wildman–Crippen MR) is 51.9 cm³/mol. The summed E-state index contributed by atoms with van der Waals surface area (Å²) < 4.78 is 10.3. The van der Waals surface area contributed by atoms with Crippen LogP contribution in [0.3, 0.4) is 0 Å². The highest BCUT2D eigenvalue weighted by Gasteiger charge is 2.54. The molecule has 15 heavy (non-hydrogen) atoms. The van der Waals surface area contributed by atoms with Gasteiger partial charge < -0.3 is 9.47 Å². The maximum absolute atomic E-state index is 11.5. The van der Waals surface area contributed by atoms with Gasteiger partial charge in [0.1, 0.15) is 12.0 Å². The quantitative estimate of drug-likeness (QED) is 0.519. The Labute approximate surface area is 88.2 Å². The van der Waals surface area contributed by atoms with E-state index in [1.54, 1.807) is 0 Å². The van der Waals surface area contributed by atoms with E-state index in [4.69, 9.17) is 9.47 Å². The molecule has 4 nitrogen and oxygen atoms in total. The zero-order valence-corrected chi connectivity index (χ0v) is 8.69. The highest BCUT2D eigenvalue weighted by Crippen LogP contribution is 2.38. The first-order valence-electron chi connectivity index (χ1n) is 5.25. The van der Waals surface area contributed by atoms with Crippen molar-refractivity contribution in [2.24, 2.45) is 5.92 Å². The molecule has 0 aromatic carbocycles. The molecule has 2 aliphatic heterocycles. The van der Waals surface area contributed by atoms with Gasteiger partial charge in [-0.15, -0.1) is 0 Å². The SMILES string of the molecule is C=C1C(=O)O[C@@H]2[C@H]1C(=O)O[C@@H]2CCCC. The molecule has 82 valence electrons. The Hall–Kier alpha value is -1.32. The van der Waals surface area contributed by atoms with Crippen molar-refractivity contribution in [3.63, 3.8) is 0 Å². The Morgan fingerprint density at radius 1 is 1.33 bits per heavy atom. The summed E-state index contributed by atoms with van der Waals surface area (Å²) in [5.41, 5.74) is 0.240. The van der Waals surface area contributed by atoms with Crippen LogP contribution in [-0.4, -0.2) is 24.1 Å². The van der Waals surface area contributed by atoms with E-state index in [0.29, 0.717) is 0 Å². The molecule has 0 radical (unpaired) electrons. The largest absolute Gasteiger partial charge is 0.458 e. The maximum Gasteiger partial charge on any atom is 0.334 e. The first kappa shape index (κ1) is 10.2. The molecule has 0 bridgehead atoms. The standard InChI is InChI=1S/C11H14O4/c1-3-4-5-7-9-8(11(13)14-7)6(2)10(12)15-9/h7-9H,2-5H2,1H3/t7-,8+,9+/m1/s1. The van der Waals surface area contributed by atoms with Gasteiger partial charge in [-0.1, -0.05) is 19.9 Å². The van der Waals surface area contributed by atoms with Gasteiger partial charge in [0.05, 0.1) is 0 Å². The van der Waals surface area contributed by atoms with E-state index < -0.39 is 18.0 Å². The molecule has 2 rings (SSSR count). The first-order valence-corrected chi connectivity index (χ1v) is 5.25. The molecule has 3 atom stereocenters. The number of esters is 2. The van der Waals surface area contributed by atoms with Crippen molar-refractivity contribution in [3.8, 4) is 0 Å². The van der Waals surface area contributed by atoms with Crippen LogP contribution < -0.4 is 0 Å². The van der Waals surface area contributed by atoms with Crippen molar-refractivity contribution >= 4 is 11.9 Å². The summed E-state index contributed by atoms with van der Waals surface area (Å²) in [5.74, 6) is -1.38. The normalized spacial score (nSPS) is 33.9. The number of unbranched alkanes of at least 4 members (excludes halogenated alkanes) is 1. The van der Waals surface area contributed by atoms with Crippen LogP contribution in [0, 0.1) is 5.92 Å². The fourth-order valence-electron chi connectivity index (χ4n) is 2.08. The number of fused-ring (bicyclic) bond motifs is 1. The highest BCUT2D eigenvalue weighted by molar-refractivity contribution is 5.99. The van der Waals surface area contributed by atoms with Crippen LogP contribution in [0.15, 0.2) is 12.2 Å². The second kappa shape index (κ2) is 3.68. The third-order valence-electron chi connectivity index (χ3n) is 2.94. The summed E-state index contributed by atoms with van der Waals surface area (Å²) in [4.78, 5) is 22.7. The molecule has 0 unspecified atom stereocenters. The predicted octanol–water partition coefficient (Wildman–Crippen LogP) is 1.20. The Bertz CT molecular complexity index is 321. The lowest BCUT2D eigenvalue weighted by atomic mass is 9.95. The monoisotopic (exact) mass is 210 g/mol. The van der Waals surface area contributed by atoms with Crippen LogP contribution in [0.1, 0.15) is 26.2 Å². The number of carbonyl (C=O) groups excluding carboxylic acids is 2. The second-order valence-electron chi connectivity index (χ2n) is 3.99. The number of hydrogen-bond donors (Lipinski definition) is 0. The lowest BCUT2D eigenvalue weighted by Gasteiger charge is -2.14. The summed E-state index contributed by atoms with van der Waals surface area (Å²) in [6.07, 6.45) is 2.05. The number of ether oxygens (including phenoxy) is 2. The molecule has 0 spiro atoms. The van der Waals surface area contributed by atoms with Gasteiger partial charge in [0.25, 0.3) is 0 Å². The topological polar surface area (TPSA) is 52.6 Å². The molecule has 0 saturated carbocycles. The maximum atomic E-state index is 11.5. The zero-order valence-electron chi connectivity index (χ0n) is 8.69.